The van der Waals surface area contributed by atoms with Crippen molar-refractivity contribution in [2.24, 2.45) is 5.73 Å². The van der Waals surface area contributed by atoms with E-state index in [9.17, 15) is 4.79 Å². The Morgan fingerprint density at radius 1 is 1.19 bits per heavy atom. The van der Waals surface area contributed by atoms with Crippen molar-refractivity contribution in [3.8, 4) is 5.75 Å². The molecule has 2 aromatic carbocycles. The number of ketones is 1. The van der Waals surface area contributed by atoms with Crippen LogP contribution in [0.25, 0.3) is 0 Å². The van der Waals surface area contributed by atoms with Gasteiger partial charge in [-0.25, -0.2) is 0 Å². The van der Waals surface area contributed by atoms with E-state index in [-0.39, 0.29) is 12.2 Å². The number of hydrogen-bond donors (Lipinski definition) is 1. The fourth-order valence-electron chi connectivity index (χ4n) is 2.35. The molecule has 2 rings (SSSR count). The normalized spacial score (nSPS) is 13.5. The number of ether oxygens (including phenoxy) is 1. The Morgan fingerprint density at radius 3 is 2.48 bits per heavy atom. The highest BCUT2D eigenvalue weighted by Gasteiger charge is 2.30. The maximum absolute atomic E-state index is 12.6. The topological polar surface area (TPSA) is 52.3 Å². The third kappa shape index (κ3) is 3.31. The first kappa shape index (κ1) is 15.3. The van der Waals surface area contributed by atoms with Gasteiger partial charge in [-0.15, -0.1) is 0 Å². The van der Waals surface area contributed by atoms with E-state index in [1.165, 1.54) is 0 Å². The van der Waals surface area contributed by atoms with Gasteiger partial charge in [0.25, 0.3) is 0 Å². The summed E-state index contributed by atoms with van der Waals surface area (Å²) in [5.74, 6) is 0.690. The van der Waals surface area contributed by atoms with Crippen molar-refractivity contribution in [1.29, 1.82) is 0 Å². The van der Waals surface area contributed by atoms with Gasteiger partial charge in [0, 0.05) is 12.0 Å². The maximum atomic E-state index is 12.6. The van der Waals surface area contributed by atoms with E-state index in [1.54, 1.807) is 14.0 Å². The molecule has 0 aliphatic heterocycles. The summed E-state index contributed by atoms with van der Waals surface area (Å²) in [6.45, 7) is 3.75. The van der Waals surface area contributed by atoms with Crippen molar-refractivity contribution in [3.05, 3.63) is 65.2 Å². The number of carbonyl (C=O) groups is 1. The highest BCUT2D eigenvalue weighted by molar-refractivity contribution is 5.91. The molecular weight excluding hydrogens is 262 g/mol. The minimum Gasteiger partial charge on any atom is -0.496 e. The zero-order valence-electron chi connectivity index (χ0n) is 12.7. The Hall–Kier alpha value is -2.13. The Morgan fingerprint density at radius 2 is 1.86 bits per heavy atom. The molecule has 0 bridgehead atoms. The van der Waals surface area contributed by atoms with Gasteiger partial charge in [0.2, 0.25) is 0 Å². The highest BCUT2D eigenvalue weighted by atomic mass is 16.5. The van der Waals surface area contributed by atoms with Gasteiger partial charge in [-0.1, -0.05) is 48.0 Å². The molecule has 0 aliphatic rings. The second-order valence-corrected chi connectivity index (χ2v) is 5.48. The van der Waals surface area contributed by atoms with Crippen LogP contribution in [-0.2, 0) is 16.8 Å². The quantitative estimate of drug-likeness (QED) is 0.917. The van der Waals surface area contributed by atoms with Gasteiger partial charge in [0.1, 0.15) is 5.75 Å². The number of carbonyl (C=O) groups excluding carboxylic acids is 1. The van der Waals surface area contributed by atoms with Crippen molar-refractivity contribution in [2.45, 2.75) is 25.8 Å². The monoisotopic (exact) mass is 283 g/mol. The second kappa shape index (κ2) is 6.10. The smallest absolute Gasteiger partial charge is 0.161 e. The van der Waals surface area contributed by atoms with E-state index in [4.69, 9.17) is 10.5 Å². The summed E-state index contributed by atoms with van der Waals surface area (Å²) < 4.78 is 5.33. The minimum atomic E-state index is -1.00. The van der Waals surface area contributed by atoms with E-state index in [2.05, 4.69) is 0 Å². The van der Waals surface area contributed by atoms with Crippen molar-refractivity contribution in [2.75, 3.05) is 7.11 Å². The molecule has 1 unspecified atom stereocenters. The largest absolute Gasteiger partial charge is 0.496 e. The molecule has 21 heavy (non-hydrogen) atoms. The van der Waals surface area contributed by atoms with Crippen LogP contribution in [-0.4, -0.2) is 12.9 Å². The summed E-state index contributed by atoms with van der Waals surface area (Å²) in [7, 11) is 1.61. The van der Waals surface area contributed by atoms with Crippen LogP contribution in [0, 0.1) is 6.92 Å². The number of Topliss-reactive ketones (excluding diaryl/α,β-unsaturated/α-hetero) is 1. The van der Waals surface area contributed by atoms with Crippen LogP contribution in [0.2, 0.25) is 0 Å². The Kier molecular flexibility index (Phi) is 4.43. The molecule has 0 heterocycles. The molecule has 0 aliphatic carbocycles. The molecule has 0 saturated carbocycles. The molecule has 0 aromatic heterocycles. The average Bonchev–Trinajstić information content (AvgIpc) is 2.48. The van der Waals surface area contributed by atoms with Crippen molar-refractivity contribution < 1.29 is 9.53 Å². The standard InChI is InChI=1S/C18H21NO2/c1-13-9-10-16(21-3)14(11-13)12-17(20)18(2,19)15-7-5-4-6-8-15/h4-11H,12,19H2,1-3H3. The van der Waals surface area contributed by atoms with E-state index in [0.29, 0.717) is 0 Å². The number of hydrogen-bond acceptors (Lipinski definition) is 3. The Bertz CT molecular complexity index is 633. The van der Waals surface area contributed by atoms with Crippen LogP contribution in [0.15, 0.2) is 48.5 Å². The third-order valence-electron chi connectivity index (χ3n) is 3.74. The first-order valence-corrected chi connectivity index (χ1v) is 6.96. The van der Waals surface area contributed by atoms with Crippen LogP contribution in [0.5, 0.6) is 5.75 Å². The summed E-state index contributed by atoms with van der Waals surface area (Å²) >= 11 is 0. The third-order valence-corrected chi connectivity index (χ3v) is 3.74. The van der Waals surface area contributed by atoms with Crippen LogP contribution < -0.4 is 10.5 Å². The molecule has 0 spiro atoms. The van der Waals surface area contributed by atoms with Gasteiger partial charge < -0.3 is 10.5 Å². The molecule has 1 atom stereocenters. The van der Waals surface area contributed by atoms with Crippen molar-refractivity contribution >= 4 is 5.78 Å². The van der Waals surface area contributed by atoms with Crippen molar-refractivity contribution in [3.63, 3.8) is 0 Å². The molecule has 0 fully saturated rings. The number of nitrogens with two attached hydrogens (primary N) is 1. The van der Waals surface area contributed by atoms with Gasteiger partial charge in [-0.2, -0.15) is 0 Å². The summed E-state index contributed by atoms with van der Waals surface area (Å²) in [5, 5.41) is 0. The number of aryl methyl sites for hydroxylation is 1. The number of benzene rings is 2. The number of methoxy groups -OCH3 is 1. The Labute approximate surface area is 125 Å². The van der Waals surface area contributed by atoms with Crippen LogP contribution >= 0.6 is 0 Å². The highest BCUT2D eigenvalue weighted by Crippen LogP contribution is 2.25. The number of rotatable bonds is 5. The second-order valence-electron chi connectivity index (χ2n) is 5.48. The Balaban J connectivity index is 2.27. The lowest BCUT2D eigenvalue weighted by atomic mass is 9.85. The molecule has 0 saturated heterocycles. The fraction of sp³-hybridized carbons (Fsp3) is 0.278. The molecule has 3 heteroatoms. The van der Waals surface area contributed by atoms with Gasteiger partial charge >= 0.3 is 0 Å². The lowest BCUT2D eigenvalue weighted by Gasteiger charge is -2.24. The summed E-state index contributed by atoms with van der Waals surface area (Å²) in [6, 6.07) is 15.3. The molecular formula is C18H21NO2. The maximum Gasteiger partial charge on any atom is 0.161 e. The van der Waals surface area contributed by atoms with Gasteiger partial charge in [-0.05, 0) is 25.5 Å². The van der Waals surface area contributed by atoms with Gasteiger partial charge in [0.05, 0.1) is 12.6 Å². The molecule has 0 amide bonds. The minimum absolute atomic E-state index is 0.0300. The first-order chi connectivity index (χ1) is 9.95. The van der Waals surface area contributed by atoms with Crippen LogP contribution in [0.1, 0.15) is 23.6 Å². The lowest BCUT2D eigenvalue weighted by Crippen LogP contribution is -2.42. The predicted molar refractivity (Wildman–Crippen MR) is 84.4 cm³/mol. The van der Waals surface area contributed by atoms with Gasteiger partial charge in [0.15, 0.2) is 5.78 Å². The summed E-state index contributed by atoms with van der Waals surface area (Å²) in [6.07, 6.45) is 0.257. The SMILES string of the molecule is COc1ccc(C)cc1CC(=O)C(C)(N)c1ccccc1. The summed E-state index contributed by atoms with van der Waals surface area (Å²) in [5.41, 5.74) is 8.05. The van der Waals surface area contributed by atoms with Crippen molar-refractivity contribution in [1.82, 2.24) is 0 Å². The summed E-state index contributed by atoms with van der Waals surface area (Å²) in [4.78, 5) is 12.6. The average molecular weight is 283 g/mol. The van der Waals surface area contributed by atoms with Crippen LogP contribution in [0.4, 0.5) is 0 Å². The first-order valence-electron chi connectivity index (χ1n) is 6.96. The van der Waals surface area contributed by atoms with Gasteiger partial charge in [-0.3, -0.25) is 4.79 Å². The van der Waals surface area contributed by atoms with Crippen LogP contribution in [0.3, 0.4) is 0 Å². The van der Waals surface area contributed by atoms with E-state index in [1.807, 2.05) is 55.5 Å². The lowest BCUT2D eigenvalue weighted by molar-refractivity contribution is -0.123. The zero-order chi connectivity index (χ0) is 15.5. The van der Waals surface area contributed by atoms with E-state index >= 15 is 0 Å². The molecule has 3 nitrogen and oxygen atoms in total. The van der Waals surface area contributed by atoms with E-state index < -0.39 is 5.54 Å². The molecule has 2 aromatic rings. The molecule has 110 valence electrons. The predicted octanol–water partition coefficient (Wildman–Crippen LogP) is 2.99. The zero-order valence-corrected chi connectivity index (χ0v) is 12.7. The van der Waals surface area contributed by atoms with E-state index in [0.717, 1.165) is 22.4 Å². The fourth-order valence-corrected chi connectivity index (χ4v) is 2.35. The molecule has 0 radical (unpaired) electrons. The molecule has 2 N–H and O–H groups in total.